The summed E-state index contributed by atoms with van der Waals surface area (Å²) >= 11 is 0. The van der Waals surface area contributed by atoms with E-state index in [1.54, 1.807) is 13.8 Å². The van der Waals surface area contributed by atoms with Gasteiger partial charge in [0.1, 0.15) is 18.2 Å². The van der Waals surface area contributed by atoms with E-state index in [4.69, 9.17) is 0 Å². The van der Waals surface area contributed by atoms with Crippen molar-refractivity contribution in [3.8, 4) is 0 Å². The second kappa shape index (κ2) is 8.77. The van der Waals surface area contributed by atoms with Crippen molar-refractivity contribution in [3.63, 3.8) is 0 Å². The van der Waals surface area contributed by atoms with Crippen LogP contribution in [-0.2, 0) is 15.8 Å². The summed E-state index contributed by atoms with van der Waals surface area (Å²) in [6.07, 6.45) is -3.38. The van der Waals surface area contributed by atoms with Gasteiger partial charge < -0.3 is 15.3 Å². The van der Waals surface area contributed by atoms with Crippen LogP contribution in [0.15, 0.2) is 24.5 Å². The summed E-state index contributed by atoms with van der Waals surface area (Å²) in [5.74, 6) is -1.24. The van der Waals surface area contributed by atoms with Crippen molar-refractivity contribution in [2.75, 3.05) is 18.9 Å². The average Bonchev–Trinajstić information content (AvgIpc) is 3.01. The first-order chi connectivity index (χ1) is 15.2. The highest BCUT2D eigenvalue weighted by atomic mass is 19.4. The molecule has 1 saturated heterocycles. The maximum atomic E-state index is 13.3. The first-order valence-corrected chi connectivity index (χ1v) is 10.6. The zero-order chi connectivity index (χ0) is 24.7. The molecule has 3 rings (SSSR count). The third-order valence-electron chi connectivity index (χ3n) is 6.09. The predicted molar refractivity (Wildman–Crippen MR) is 116 cm³/mol. The van der Waals surface area contributed by atoms with Gasteiger partial charge in [0.25, 0.3) is 0 Å². The number of carbonyl (C=O) groups is 2. The van der Waals surface area contributed by atoms with Gasteiger partial charge in [0.2, 0.25) is 5.91 Å². The molecule has 0 saturated carbocycles. The third-order valence-corrected chi connectivity index (χ3v) is 6.09. The lowest BCUT2D eigenvalue weighted by atomic mass is 9.93. The fourth-order valence-electron chi connectivity index (χ4n) is 3.83. The number of likely N-dealkylation sites (tertiary alicyclic amines) is 1. The number of carboxylic acids is 1. The second-order valence-electron chi connectivity index (χ2n) is 9.28. The maximum Gasteiger partial charge on any atom is 0.416 e. The minimum Gasteiger partial charge on any atom is -0.481 e. The van der Waals surface area contributed by atoms with Gasteiger partial charge in [-0.3, -0.25) is 14.5 Å². The Morgan fingerprint density at radius 2 is 1.97 bits per heavy atom. The number of halogens is 3. The van der Waals surface area contributed by atoms with E-state index in [-0.39, 0.29) is 35.9 Å². The van der Waals surface area contributed by atoms with Crippen LogP contribution in [-0.4, -0.2) is 68.6 Å². The van der Waals surface area contributed by atoms with Crippen LogP contribution < -0.4 is 5.32 Å². The monoisotopic (exact) mass is 467 g/mol. The van der Waals surface area contributed by atoms with Crippen molar-refractivity contribution >= 4 is 28.6 Å². The van der Waals surface area contributed by atoms with Crippen molar-refractivity contribution < 1.29 is 27.9 Å². The van der Waals surface area contributed by atoms with Gasteiger partial charge in [0, 0.05) is 24.4 Å². The van der Waals surface area contributed by atoms with Gasteiger partial charge in [0.15, 0.2) is 0 Å². The van der Waals surface area contributed by atoms with E-state index in [0.717, 1.165) is 12.1 Å². The van der Waals surface area contributed by atoms with Crippen molar-refractivity contribution in [1.82, 2.24) is 19.8 Å². The highest BCUT2D eigenvalue weighted by Crippen LogP contribution is 2.34. The fourth-order valence-corrected chi connectivity index (χ4v) is 3.83. The molecule has 1 aromatic carbocycles. The first kappa shape index (κ1) is 24.7. The van der Waals surface area contributed by atoms with Gasteiger partial charge in [-0.2, -0.15) is 13.2 Å². The number of benzene rings is 1. The fraction of sp³-hybridized carbons (Fsp3) is 0.545. The summed E-state index contributed by atoms with van der Waals surface area (Å²) in [7, 11) is 1.85. The van der Waals surface area contributed by atoms with Crippen molar-refractivity contribution in [2.24, 2.45) is 5.41 Å². The molecule has 8 nitrogen and oxygen atoms in total. The number of alkyl halides is 3. The molecule has 33 heavy (non-hydrogen) atoms. The molecule has 2 heterocycles. The number of carbonyl (C=O) groups excluding carboxylic acids is 1. The number of nitrogens with zero attached hydrogens (tertiary/aromatic N) is 4. The summed E-state index contributed by atoms with van der Waals surface area (Å²) in [5, 5.41) is 12.7. The number of amides is 1. The topological polar surface area (TPSA) is 98.7 Å². The summed E-state index contributed by atoms with van der Waals surface area (Å²) < 4.78 is 39.7. The third kappa shape index (κ3) is 5.02. The predicted octanol–water partition coefficient (Wildman–Crippen LogP) is 3.44. The molecule has 2 aromatic rings. The van der Waals surface area contributed by atoms with Crippen LogP contribution in [0.1, 0.15) is 39.7 Å². The molecule has 1 unspecified atom stereocenters. The second-order valence-corrected chi connectivity index (χ2v) is 9.28. The number of nitrogens with one attached hydrogen (secondary N) is 1. The van der Waals surface area contributed by atoms with Crippen LogP contribution in [0.4, 0.5) is 19.0 Å². The molecule has 180 valence electrons. The lowest BCUT2D eigenvalue weighted by Gasteiger charge is -2.37. The molecule has 1 aliphatic rings. The van der Waals surface area contributed by atoms with Gasteiger partial charge in [-0.1, -0.05) is 0 Å². The zero-order valence-corrected chi connectivity index (χ0v) is 19.1. The molecule has 0 spiro atoms. The first-order valence-electron chi connectivity index (χ1n) is 10.6. The quantitative estimate of drug-likeness (QED) is 0.644. The van der Waals surface area contributed by atoms with Crippen LogP contribution in [0, 0.1) is 5.41 Å². The van der Waals surface area contributed by atoms with E-state index in [0.29, 0.717) is 11.9 Å². The van der Waals surface area contributed by atoms with E-state index < -0.39 is 29.2 Å². The molecular formula is C22H28F3N5O3. The van der Waals surface area contributed by atoms with E-state index in [1.807, 2.05) is 25.8 Å². The Morgan fingerprint density at radius 1 is 1.30 bits per heavy atom. The van der Waals surface area contributed by atoms with Crippen molar-refractivity contribution in [3.05, 3.63) is 30.1 Å². The van der Waals surface area contributed by atoms with Crippen LogP contribution in [0.25, 0.3) is 10.9 Å². The highest BCUT2D eigenvalue weighted by Gasteiger charge is 2.45. The summed E-state index contributed by atoms with van der Waals surface area (Å²) in [6.45, 7) is 7.01. The highest BCUT2D eigenvalue weighted by molar-refractivity contribution is 5.93. The molecule has 0 radical (unpaired) electrons. The molecule has 1 aromatic heterocycles. The molecule has 0 bridgehead atoms. The number of hydrogen-bond acceptors (Lipinski definition) is 6. The Balaban J connectivity index is 1.96. The summed E-state index contributed by atoms with van der Waals surface area (Å²) in [4.78, 5) is 36.6. The van der Waals surface area contributed by atoms with Gasteiger partial charge in [-0.25, -0.2) is 9.97 Å². The number of hydrogen-bond donors (Lipinski definition) is 2. The molecular weight excluding hydrogens is 439 g/mol. The lowest BCUT2D eigenvalue weighted by Crippen LogP contribution is -2.51. The SMILES string of the molecule is CC(C)N(C)[C@H]1CC(Nc2ncnc3ccc(C(F)(F)F)cc23)C(=O)N1CC(C)(C)C(=O)O. The normalized spacial score (nSPS) is 19.7. The van der Waals surface area contributed by atoms with Gasteiger partial charge in [-0.15, -0.1) is 0 Å². The number of fused-ring (bicyclic) bond motifs is 1. The van der Waals surface area contributed by atoms with Crippen LogP contribution in [0.2, 0.25) is 0 Å². The Bertz CT molecular complexity index is 1060. The molecule has 0 aliphatic carbocycles. The Labute approximate surface area is 189 Å². The number of carboxylic acid groups (broad SMARTS) is 1. The Morgan fingerprint density at radius 3 is 2.55 bits per heavy atom. The van der Waals surface area contributed by atoms with Crippen molar-refractivity contribution in [1.29, 1.82) is 0 Å². The van der Waals surface area contributed by atoms with Crippen LogP contribution >= 0.6 is 0 Å². The average molecular weight is 467 g/mol. The number of rotatable bonds is 7. The van der Waals surface area contributed by atoms with Crippen molar-refractivity contribution in [2.45, 2.75) is 58.5 Å². The molecule has 1 amide bonds. The van der Waals surface area contributed by atoms with E-state index in [9.17, 15) is 27.9 Å². The largest absolute Gasteiger partial charge is 0.481 e. The molecule has 2 N–H and O–H groups in total. The van der Waals surface area contributed by atoms with E-state index >= 15 is 0 Å². The van der Waals surface area contributed by atoms with Gasteiger partial charge in [-0.05, 0) is 52.9 Å². The van der Waals surface area contributed by atoms with Crippen LogP contribution in [0.3, 0.4) is 0 Å². The minimum atomic E-state index is -4.53. The van der Waals surface area contributed by atoms with E-state index in [1.165, 1.54) is 17.3 Å². The molecule has 2 atom stereocenters. The molecule has 1 aliphatic heterocycles. The standard InChI is InChI=1S/C22H28F3N5O3/c1-12(2)29(5)17-9-16(19(31)30(17)10-21(3,4)20(32)33)28-18-14-8-13(22(23,24)25)6-7-15(14)26-11-27-18/h6-8,11-12,16-17H,9-10H2,1-5H3,(H,32,33)(H,26,27,28)/t16?,17-/m1/s1. The zero-order valence-electron chi connectivity index (χ0n) is 19.1. The number of anilines is 1. The molecule has 1 fully saturated rings. The Kier molecular flexibility index (Phi) is 6.56. The summed E-state index contributed by atoms with van der Waals surface area (Å²) in [5.41, 5.74) is -1.71. The smallest absolute Gasteiger partial charge is 0.416 e. The van der Waals surface area contributed by atoms with Gasteiger partial charge >= 0.3 is 12.1 Å². The van der Waals surface area contributed by atoms with E-state index in [2.05, 4.69) is 15.3 Å². The number of aromatic nitrogens is 2. The summed E-state index contributed by atoms with van der Waals surface area (Å²) in [6, 6.07) is 2.46. The Hall–Kier alpha value is -2.95. The number of aliphatic carboxylic acids is 1. The molecule has 11 heteroatoms. The minimum absolute atomic E-state index is 0.0101. The lowest BCUT2D eigenvalue weighted by molar-refractivity contribution is -0.150. The maximum absolute atomic E-state index is 13.3. The van der Waals surface area contributed by atoms with Gasteiger partial charge in [0.05, 0.1) is 22.7 Å². The van der Waals surface area contributed by atoms with Crippen LogP contribution in [0.5, 0.6) is 0 Å².